The van der Waals surface area contributed by atoms with Gasteiger partial charge in [0.15, 0.2) is 0 Å². The van der Waals surface area contributed by atoms with Gasteiger partial charge in [0.2, 0.25) is 23.6 Å². The lowest BCUT2D eigenvalue weighted by Crippen LogP contribution is -2.63. The van der Waals surface area contributed by atoms with Gasteiger partial charge in [-0.25, -0.2) is 0 Å². The number of rotatable bonds is 8. The minimum Gasteiger partial charge on any atom is -0.368 e. The lowest BCUT2D eigenvalue weighted by Gasteiger charge is -2.29. The van der Waals surface area contributed by atoms with Crippen molar-refractivity contribution < 1.29 is 32.3 Å². The number of nitrogens with two attached hydrogens (primary N) is 1. The summed E-state index contributed by atoms with van der Waals surface area (Å²) in [5.41, 5.74) is 5.40. The molecule has 0 aromatic heterocycles. The van der Waals surface area contributed by atoms with E-state index in [-0.39, 0.29) is 18.4 Å². The third-order valence-electron chi connectivity index (χ3n) is 5.31. The number of hydrogen-bond acceptors (Lipinski definition) is 4. The molecule has 1 aliphatic heterocycles. The van der Waals surface area contributed by atoms with Gasteiger partial charge in [0, 0.05) is 12.8 Å². The molecule has 0 saturated carbocycles. The van der Waals surface area contributed by atoms with E-state index in [1.807, 2.05) is 18.2 Å². The molecule has 0 unspecified atom stereocenters. The smallest absolute Gasteiger partial charge is 0.368 e. The number of amides is 4. The van der Waals surface area contributed by atoms with Gasteiger partial charge in [-0.2, -0.15) is 13.2 Å². The molecular weight excluding hydrogens is 453 g/mol. The monoisotopic (exact) mass is 476 g/mol. The minimum absolute atomic E-state index is 0.145. The summed E-state index contributed by atoms with van der Waals surface area (Å²) in [6, 6.07) is 10.1. The summed E-state index contributed by atoms with van der Waals surface area (Å²) in [5.74, 6) is -2.75. The molecule has 8 nitrogen and oxygen atoms in total. The van der Waals surface area contributed by atoms with Crippen molar-refractivity contribution in [2.24, 2.45) is 5.73 Å². The van der Waals surface area contributed by atoms with E-state index in [4.69, 9.17) is 5.73 Å². The van der Waals surface area contributed by atoms with Crippen LogP contribution in [0, 0.1) is 0 Å². The van der Waals surface area contributed by atoms with Crippen molar-refractivity contribution in [3.8, 4) is 0 Å². The van der Waals surface area contributed by atoms with E-state index in [0.29, 0.717) is 0 Å². The van der Waals surface area contributed by atoms with Gasteiger partial charge in [-0.1, -0.05) is 48.5 Å². The van der Waals surface area contributed by atoms with Gasteiger partial charge in [0.25, 0.3) is 0 Å². The highest BCUT2D eigenvalue weighted by molar-refractivity contribution is 5.99. The average Bonchev–Trinajstić information content (AvgIpc) is 2.77. The molecule has 180 valence electrons. The predicted molar refractivity (Wildman–Crippen MR) is 115 cm³/mol. The van der Waals surface area contributed by atoms with Crippen LogP contribution in [0.15, 0.2) is 54.6 Å². The molecule has 0 bridgehead atoms. The van der Waals surface area contributed by atoms with Crippen LogP contribution in [-0.4, -0.2) is 41.8 Å². The number of benzene rings is 2. The zero-order chi connectivity index (χ0) is 24.9. The highest BCUT2D eigenvalue weighted by atomic mass is 19.4. The normalized spacial score (nSPS) is 19.0. The summed E-state index contributed by atoms with van der Waals surface area (Å²) in [7, 11) is 0. The fourth-order valence-corrected chi connectivity index (χ4v) is 3.58. The number of alkyl halides is 3. The van der Waals surface area contributed by atoms with E-state index >= 15 is 0 Å². The first kappa shape index (κ1) is 24.7. The minimum atomic E-state index is -4.56. The maximum absolute atomic E-state index is 12.9. The summed E-state index contributed by atoms with van der Waals surface area (Å²) < 4.78 is 38.8. The van der Waals surface area contributed by atoms with Gasteiger partial charge >= 0.3 is 6.18 Å². The van der Waals surface area contributed by atoms with Crippen molar-refractivity contribution in [3.05, 3.63) is 71.3 Å². The van der Waals surface area contributed by atoms with Crippen molar-refractivity contribution >= 4 is 23.6 Å². The molecule has 0 radical (unpaired) electrons. The van der Waals surface area contributed by atoms with Crippen LogP contribution in [0.2, 0.25) is 0 Å². The Labute approximate surface area is 193 Å². The Balaban J connectivity index is 1.58. The molecular formula is C23H23F3N4O4. The number of piperazine rings is 1. The largest absolute Gasteiger partial charge is 0.416 e. The number of halogens is 3. The molecule has 2 aromatic rings. The first-order valence-corrected chi connectivity index (χ1v) is 10.4. The first-order chi connectivity index (χ1) is 16.0. The van der Waals surface area contributed by atoms with Crippen LogP contribution in [0.3, 0.4) is 0 Å². The third-order valence-corrected chi connectivity index (χ3v) is 5.31. The standard InChI is InChI=1S/C23H23F3N4O4/c24-23(25,26)15-8-4-7-14(9-15)11-16(20(27)32)28-19(31)12-18-22(34)29-17(21(33)30-18)10-13-5-2-1-3-6-13/h1-9,16-18H,10-12H2,(H2,27,32)(H,28,31)(H,29,34)(H,30,33)/t16-,17-,18-/m0/s1. The van der Waals surface area contributed by atoms with Gasteiger partial charge in [0.1, 0.15) is 18.1 Å². The summed E-state index contributed by atoms with van der Waals surface area (Å²) in [5, 5.41) is 7.40. The maximum atomic E-state index is 12.9. The molecule has 1 aliphatic rings. The second-order valence-corrected chi connectivity index (χ2v) is 7.94. The van der Waals surface area contributed by atoms with Crippen LogP contribution < -0.4 is 21.7 Å². The van der Waals surface area contributed by atoms with Crippen molar-refractivity contribution in [1.82, 2.24) is 16.0 Å². The zero-order valence-corrected chi connectivity index (χ0v) is 17.9. The van der Waals surface area contributed by atoms with Gasteiger partial charge in [-0.3, -0.25) is 19.2 Å². The predicted octanol–water partition coefficient (Wildman–Crippen LogP) is 0.834. The molecule has 3 rings (SSSR count). The lowest BCUT2D eigenvalue weighted by atomic mass is 10.00. The van der Waals surface area contributed by atoms with Crippen LogP contribution >= 0.6 is 0 Å². The van der Waals surface area contributed by atoms with E-state index in [1.165, 1.54) is 12.1 Å². The maximum Gasteiger partial charge on any atom is 0.416 e. The second-order valence-electron chi connectivity index (χ2n) is 7.94. The van der Waals surface area contributed by atoms with Crippen molar-refractivity contribution in [3.63, 3.8) is 0 Å². The molecule has 1 saturated heterocycles. The Morgan fingerprint density at radius 2 is 1.56 bits per heavy atom. The number of nitrogens with one attached hydrogen (secondary N) is 3. The molecule has 2 aromatic carbocycles. The van der Waals surface area contributed by atoms with Crippen LogP contribution in [0.5, 0.6) is 0 Å². The van der Waals surface area contributed by atoms with Crippen molar-refractivity contribution in [2.75, 3.05) is 0 Å². The quantitative estimate of drug-likeness (QED) is 0.450. The number of hydrogen-bond donors (Lipinski definition) is 4. The van der Waals surface area contributed by atoms with Crippen LogP contribution in [0.1, 0.15) is 23.1 Å². The highest BCUT2D eigenvalue weighted by Crippen LogP contribution is 2.29. The Morgan fingerprint density at radius 3 is 2.21 bits per heavy atom. The highest BCUT2D eigenvalue weighted by Gasteiger charge is 2.35. The van der Waals surface area contributed by atoms with E-state index in [2.05, 4.69) is 16.0 Å². The van der Waals surface area contributed by atoms with Gasteiger partial charge in [-0.15, -0.1) is 0 Å². The SMILES string of the molecule is NC(=O)[C@H](Cc1cccc(C(F)(F)F)c1)NC(=O)C[C@@H]1NC(=O)[C@H](Cc2ccccc2)NC1=O. The van der Waals surface area contributed by atoms with Crippen LogP contribution in [-0.2, 0) is 38.2 Å². The number of carbonyl (C=O) groups is 4. The van der Waals surface area contributed by atoms with Crippen molar-refractivity contribution in [2.45, 2.75) is 43.6 Å². The molecule has 0 spiro atoms. The molecule has 4 amide bonds. The summed E-state index contributed by atoms with van der Waals surface area (Å²) in [6.07, 6.45) is -5.03. The lowest BCUT2D eigenvalue weighted by molar-refractivity contribution is -0.138. The van der Waals surface area contributed by atoms with Crippen LogP contribution in [0.4, 0.5) is 13.2 Å². The fourth-order valence-electron chi connectivity index (χ4n) is 3.58. The first-order valence-electron chi connectivity index (χ1n) is 10.4. The molecule has 1 fully saturated rings. The molecule has 0 aliphatic carbocycles. The number of primary amides is 1. The Hall–Kier alpha value is -3.89. The molecule has 1 heterocycles. The topological polar surface area (TPSA) is 130 Å². The molecule has 3 atom stereocenters. The van der Waals surface area contributed by atoms with Gasteiger partial charge < -0.3 is 21.7 Å². The van der Waals surface area contributed by atoms with Gasteiger partial charge in [-0.05, 0) is 17.2 Å². The Bertz CT molecular complexity index is 1080. The van der Waals surface area contributed by atoms with E-state index in [9.17, 15) is 32.3 Å². The molecule has 5 N–H and O–H groups in total. The third kappa shape index (κ3) is 6.56. The van der Waals surface area contributed by atoms with E-state index in [0.717, 1.165) is 17.7 Å². The zero-order valence-electron chi connectivity index (χ0n) is 17.9. The van der Waals surface area contributed by atoms with E-state index in [1.54, 1.807) is 12.1 Å². The Kier molecular flexibility index (Phi) is 7.54. The summed E-state index contributed by atoms with van der Waals surface area (Å²) in [6.45, 7) is 0. The molecule has 34 heavy (non-hydrogen) atoms. The summed E-state index contributed by atoms with van der Waals surface area (Å²) in [4.78, 5) is 49.0. The second kappa shape index (κ2) is 10.4. The average molecular weight is 476 g/mol. The van der Waals surface area contributed by atoms with Crippen molar-refractivity contribution in [1.29, 1.82) is 0 Å². The van der Waals surface area contributed by atoms with Gasteiger partial charge in [0.05, 0.1) is 12.0 Å². The summed E-state index contributed by atoms with van der Waals surface area (Å²) >= 11 is 0. The Morgan fingerprint density at radius 1 is 0.941 bits per heavy atom. The molecule has 11 heteroatoms. The number of carbonyl (C=O) groups excluding carboxylic acids is 4. The van der Waals surface area contributed by atoms with Crippen LogP contribution in [0.25, 0.3) is 0 Å². The van der Waals surface area contributed by atoms with E-state index < -0.39 is 59.9 Å². The fraction of sp³-hybridized carbons (Fsp3) is 0.304.